The Morgan fingerprint density at radius 2 is 2.14 bits per heavy atom. The van der Waals surface area contributed by atoms with Crippen LogP contribution in [0.25, 0.3) is 0 Å². The Morgan fingerprint density at radius 3 is 2.95 bits per heavy atom. The van der Waals surface area contributed by atoms with E-state index in [-0.39, 0.29) is 0 Å². The minimum atomic E-state index is 0.337. The number of ketones is 1. The summed E-state index contributed by atoms with van der Waals surface area (Å²) in [6.45, 7) is 2.94. The van der Waals surface area contributed by atoms with Crippen LogP contribution in [0.15, 0.2) is 16.6 Å². The Labute approximate surface area is 134 Å². The maximum atomic E-state index is 12.3. The number of benzene rings is 1. The molecule has 1 aromatic rings. The molecule has 2 heterocycles. The van der Waals surface area contributed by atoms with Gasteiger partial charge in [0.25, 0.3) is 0 Å². The van der Waals surface area contributed by atoms with E-state index in [0.29, 0.717) is 18.6 Å². The molecule has 2 aliphatic rings. The number of Topliss-reactive ketones (excluding diaryl/α,β-unsaturated/α-hetero) is 1. The molecular formula is C17H22BrNO2. The number of carbonyl (C=O) groups is 1. The summed E-state index contributed by atoms with van der Waals surface area (Å²) >= 11 is 3.53. The van der Waals surface area contributed by atoms with Crippen molar-refractivity contribution >= 4 is 21.7 Å². The first-order valence-electron chi connectivity index (χ1n) is 7.89. The molecule has 3 nitrogen and oxygen atoms in total. The van der Waals surface area contributed by atoms with Crippen molar-refractivity contribution in [3.8, 4) is 5.75 Å². The number of hydrogen-bond donors (Lipinski definition) is 1. The van der Waals surface area contributed by atoms with Gasteiger partial charge in [-0.3, -0.25) is 4.79 Å². The van der Waals surface area contributed by atoms with Crippen LogP contribution in [0.3, 0.4) is 0 Å². The van der Waals surface area contributed by atoms with Crippen molar-refractivity contribution in [2.45, 2.75) is 38.5 Å². The lowest BCUT2D eigenvalue weighted by molar-refractivity contribution is -0.118. The molecule has 1 saturated heterocycles. The summed E-state index contributed by atoms with van der Waals surface area (Å²) in [4.78, 5) is 12.3. The highest BCUT2D eigenvalue weighted by atomic mass is 79.9. The fourth-order valence-corrected chi connectivity index (χ4v) is 3.87. The fraction of sp³-hybridized carbons (Fsp3) is 0.588. The van der Waals surface area contributed by atoms with Gasteiger partial charge >= 0.3 is 0 Å². The van der Waals surface area contributed by atoms with Gasteiger partial charge in [-0.2, -0.15) is 0 Å². The standard InChI is InChI=1S/C17H22BrNO2/c18-15-9-13-5-8-21-17(13)14(10-15)11-16(20)2-1-12-3-6-19-7-4-12/h9-10,12,19H,1-8,11H2. The lowest BCUT2D eigenvalue weighted by Gasteiger charge is -2.22. The molecule has 0 aromatic heterocycles. The van der Waals surface area contributed by atoms with Crippen LogP contribution in [0.2, 0.25) is 0 Å². The predicted molar refractivity (Wildman–Crippen MR) is 86.9 cm³/mol. The molecule has 0 spiro atoms. The molecule has 2 aliphatic heterocycles. The van der Waals surface area contributed by atoms with Crippen LogP contribution in [0.4, 0.5) is 0 Å². The number of fused-ring (bicyclic) bond motifs is 1. The van der Waals surface area contributed by atoms with E-state index in [9.17, 15) is 4.79 Å². The van der Waals surface area contributed by atoms with E-state index in [1.165, 1.54) is 18.4 Å². The number of carbonyl (C=O) groups excluding carboxylic acids is 1. The van der Waals surface area contributed by atoms with Crippen molar-refractivity contribution in [1.82, 2.24) is 5.32 Å². The van der Waals surface area contributed by atoms with Crippen molar-refractivity contribution in [2.75, 3.05) is 19.7 Å². The number of halogens is 1. The largest absolute Gasteiger partial charge is 0.493 e. The van der Waals surface area contributed by atoms with E-state index in [4.69, 9.17) is 4.74 Å². The van der Waals surface area contributed by atoms with Gasteiger partial charge in [0.05, 0.1) is 6.61 Å². The molecule has 114 valence electrons. The van der Waals surface area contributed by atoms with Crippen LogP contribution in [0, 0.1) is 5.92 Å². The third-order valence-electron chi connectivity index (χ3n) is 4.50. The number of hydrogen-bond acceptors (Lipinski definition) is 3. The smallest absolute Gasteiger partial charge is 0.137 e. The third kappa shape index (κ3) is 3.86. The maximum Gasteiger partial charge on any atom is 0.137 e. The van der Waals surface area contributed by atoms with Gasteiger partial charge in [0.1, 0.15) is 11.5 Å². The molecule has 1 aromatic carbocycles. The second-order valence-corrected chi connectivity index (χ2v) is 7.01. The molecule has 0 aliphatic carbocycles. The van der Waals surface area contributed by atoms with Crippen molar-refractivity contribution in [2.24, 2.45) is 5.92 Å². The molecule has 21 heavy (non-hydrogen) atoms. The minimum Gasteiger partial charge on any atom is -0.493 e. The van der Waals surface area contributed by atoms with Gasteiger partial charge < -0.3 is 10.1 Å². The molecule has 0 amide bonds. The Balaban J connectivity index is 1.57. The van der Waals surface area contributed by atoms with Gasteiger partial charge in [0.15, 0.2) is 0 Å². The molecule has 0 unspecified atom stereocenters. The van der Waals surface area contributed by atoms with Crippen molar-refractivity contribution in [3.05, 3.63) is 27.7 Å². The normalized spacial score (nSPS) is 18.3. The van der Waals surface area contributed by atoms with Crippen LogP contribution < -0.4 is 10.1 Å². The Kier molecular flexibility index (Phi) is 4.96. The molecule has 0 bridgehead atoms. The monoisotopic (exact) mass is 351 g/mol. The summed E-state index contributed by atoms with van der Waals surface area (Å²) in [7, 11) is 0. The van der Waals surface area contributed by atoms with Gasteiger partial charge in [-0.15, -0.1) is 0 Å². The predicted octanol–water partition coefficient (Wildman–Crippen LogP) is 3.28. The highest BCUT2D eigenvalue weighted by molar-refractivity contribution is 9.10. The lowest BCUT2D eigenvalue weighted by atomic mass is 9.91. The molecule has 4 heteroatoms. The van der Waals surface area contributed by atoms with Gasteiger partial charge in [0, 0.05) is 29.3 Å². The second-order valence-electron chi connectivity index (χ2n) is 6.10. The summed E-state index contributed by atoms with van der Waals surface area (Å²) in [5.74, 6) is 2.01. The average molecular weight is 352 g/mol. The Bertz CT molecular complexity index is 524. The molecule has 3 rings (SSSR count). The fourth-order valence-electron chi connectivity index (χ4n) is 3.31. The minimum absolute atomic E-state index is 0.337. The first-order chi connectivity index (χ1) is 10.2. The maximum absolute atomic E-state index is 12.3. The van der Waals surface area contributed by atoms with E-state index < -0.39 is 0 Å². The topological polar surface area (TPSA) is 38.3 Å². The molecule has 0 atom stereocenters. The van der Waals surface area contributed by atoms with E-state index in [1.807, 2.05) is 6.07 Å². The first-order valence-corrected chi connectivity index (χ1v) is 8.68. The summed E-state index contributed by atoms with van der Waals surface area (Å²) < 4.78 is 6.75. The Morgan fingerprint density at radius 1 is 1.33 bits per heavy atom. The highest BCUT2D eigenvalue weighted by Crippen LogP contribution is 2.33. The quantitative estimate of drug-likeness (QED) is 0.884. The van der Waals surface area contributed by atoms with Crippen molar-refractivity contribution < 1.29 is 9.53 Å². The highest BCUT2D eigenvalue weighted by Gasteiger charge is 2.20. The zero-order valence-electron chi connectivity index (χ0n) is 12.3. The molecule has 1 N–H and O–H groups in total. The average Bonchev–Trinajstić information content (AvgIpc) is 2.94. The van der Waals surface area contributed by atoms with Gasteiger partial charge in [-0.1, -0.05) is 15.9 Å². The number of ether oxygens (including phenoxy) is 1. The van der Waals surface area contributed by atoms with Crippen molar-refractivity contribution in [1.29, 1.82) is 0 Å². The van der Waals surface area contributed by atoms with E-state index in [0.717, 1.165) is 54.2 Å². The van der Waals surface area contributed by atoms with Gasteiger partial charge in [-0.25, -0.2) is 0 Å². The molecule has 1 fully saturated rings. The number of nitrogens with one attached hydrogen (secondary N) is 1. The van der Waals surface area contributed by atoms with Crippen LogP contribution >= 0.6 is 15.9 Å². The van der Waals surface area contributed by atoms with Crippen molar-refractivity contribution in [3.63, 3.8) is 0 Å². The zero-order chi connectivity index (χ0) is 14.7. The van der Waals surface area contributed by atoms with E-state index in [2.05, 4.69) is 27.3 Å². The second kappa shape index (κ2) is 6.93. The van der Waals surface area contributed by atoms with Crippen LogP contribution in [0.1, 0.15) is 36.8 Å². The van der Waals surface area contributed by atoms with E-state index >= 15 is 0 Å². The first kappa shape index (κ1) is 15.0. The third-order valence-corrected chi connectivity index (χ3v) is 4.96. The molecule has 0 radical (unpaired) electrons. The number of rotatable bonds is 5. The summed E-state index contributed by atoms with van der Waals surface area (Å²) in [5, 5.41) is 3.37. The molecule has 0 saturated carbocycles. The Hall–Kier alpha value is -0.870. The summed E-state index contributed by atoms with van der Waals surface area (Å²) in [6, 6.07) is 4.14. The lowest BCUT2D eigenvalue weighted by Crippen LogP contribution is -2.28. The van der Waals surface area contributed by atoms with Crippen LogP contribution in [-0.2, 0) is 17.6 Å². The zero-order valence-corrected chi connectivity index (χ0v) is 13.9. The van der Waals surface area contributed by atoms with Crippen LogP contribution in [-0.4, -0.2) is 25.5 Å². The SMILES string of the molecule is O=C(CCC1CCNCC1)Cc1cc(Br)cc2c1OCC2. The summed E-state index contributed by atoms with van der Waals surface area (Å²) in [5.41, 5.74) is 2.28. The van der Waals surface area contributed by atoms with Gasteiger partial charge in [0.2, 0.25) is 0 Å². The number of piperidine rings is 1. The van der Waals surface area contributed by atoms with Gasteiger partial charge in [-0.05, 0) is 56.0 Å². The summed E-state index contributed by atoms with van der Waals surface area (Å²) in [6.07, 6.45) is 5.62. The van der Waals surface area contributed by atoms with E-state index in [1.54, 1.807) is 0 Å². The van der Waals surface area contributed by atoms with Crippen LogP contribution in [0.5, 0.6) is 5.75 Å². The molecular weight excluding hydrogens is 330 g/mol.